The molecule has 7 nitrogen and oxygen atoms in total. The molecule has 2 rings (SSSR count). The molecule has 0 aromatic heterocycles. The third kappa shape index (κ3) is 6.17. The van der Waals surface area contributed by atoms with Crippen molar-refractivity contribution in [3.8, 4) is 5.75 Å². The van der Waals surface area contributed by atoms with E-state index >= 15 is 0 Å². The minimum Gasteiger partial charge on any atom is -0.482 e. The number of nitrogens with one attached hydrogen (secondary N) is 2. The Balaban J connectivity index is 1.97. The predicted octanol–water partition coefficient (Wildman–Crippen LogP) is 3.89. The van der Waals surface area contributed by atoms with E-state index in [1.54, 1.807) is 13.0 Å². The third-order valence-corrected chi connectivity index (χ3v) is 3.41. The Bertz CT molecular complexity index is 840. The molecular formula is C17H16F3N3O4. The highest BCUT2D eigenvalue weighted by molar-refractivity contribution is 5.94. The number of carbonyl (C=O) groups excluding carboxylic acids is 1. The minimum absolute atomic E-state index is 0.0332. The van der Waals surface area contributed by atoms with Crippen molar-refractivity contribution in [3.63, 3.8) is 0 Å². The van der Waals surface area contributed by atoms with Crippen LogP contribution in [0.2, 0.25) is 0 Å². The normalized spacial score (nSPS) is 11.0. The summed E-state index contributed by atoms with van der Waals surface area (Å²) in [6, 6.07) is 9.92. The van der Waals surface area contributed by atoms with E-state index in [4.69, 9.17) is 4.74 Å². The molecule has 2 N–H and O–H groups in total. The van der Waals surface area contributed by atoms with Gasteiger partial charge in [-0.05, 0) is 30.7 Å². The van der Waals surface area contributed by atoms with Crippen LogP contribution < -0.4 is 15.4 Å². The summed E-state index contributed by atoms with van der Waals surface area (Å²) in [5.74, 6) is -0.508. The lowest BCUT2D eigenvalue weighted by atomic mass is 10.2. The number of nitrogens with zero attached hydrogens (tertiary/aromatic N) is 1. The van der Waals surface area contributed by atoms with Crippen LogP contribution in [0.1, 0.15) is 5.56 Å². The van der Waals surface area contributed by atoms with Crippen LogP contribution in [0.3, 0.4) is 0 Å². The van der Waals surface area contributed by atoms with Gasteiger partial charge in [-0.1, -0.05) is 12.1 Å². The first-order chi connectivity index (χ1) is 12.7. The van der Waals surface area contributed by atoms with Gasteiger partial charge < -0.3 is 15.4 Å². The highest BCUT2D eigenvalue weighted by Gasteiger charge is 2.28. The molecule has 27 heavy (non-hydrogen) atoms. The zero-order valence-corrected chi connectivity index (χ0v) is 14.2. The molecule has 2 aromatic carbocycles. The van der Waals surface area contributed by atoms with Crippen LogP contribution in [0.5, 0.6) is 5.75 Å². The molecule has 0 spiro atoms. The number of benzene rings is 2. The number of hydrogen-bond acceptors (Lipinski definition) is 5. The molecule has 0 aliphatic rings. The van der Waals surface area contributed by atoms with E-state index in [1.807, 2.05) is 0 Å². The molecule has 0 aliphatic carbocycles. The number of nitro groups is 1. The number of amides is 1. The second-order valence-corrected chi connectivity index (χ2v) is 5.56. The van der Waals surface area contributed by atoms with E-state index in [9.17, 15) is 28.1 Å². The van der Waals surface area contributed by atoms with Crippen molar-refractivity contribution >= 4 is 23.0 Å². The molecule has 0 saturated heterocycles. The SMILES string of the molecule is Cc1cc([N+](=O)[O-])ccc1NC(=O)CNc1ccccc1OCC(F)(F)F. The van der Waals surface area contributed by atoms with Gasteiger partial charge in [-0.25, -0.2) is 0 Å². The Morgan fingerprint density at radius 3 is 2.52 bits per heavy atom. The van der Waals surface area contributed by atoms with Crippen molar-refractivity contribution in [3.05, 3.63) is 58.1 Å². The quantitative estimate of drug-likeness (QED) is 0.559. The van der Waals surface area contributed by atoms with E-state index in [1.165, 1.54) is 36.4 Å². The van der Waals surface area contributed by atoms with Gasteiger partial charge in [0, 0.05) is 17.8 Å². The lowest BCUT2D eigenvalue weighted by molar-refractivity contribution is -0.384. The molecule has 0 fully saturated rings. The number of hydrogen-bond donors (Lipinski definition) is 2. The Hall–Kier alpha value is -3.30. The van der Waals surface area contributed by atoms with E-state index in [0.29, 0.717) is 11.3 Å². The first-order valence-corrected chi connectivity index (χ1v) is 7.73. The molecule has 0 bridgehead atoms. The van der Waals surface area contributed by atoms with E-state index in [-0.39, 0.29) is 23.7 Å². The van der Waals surface area contributed by atoms with Gasteiger partial charge in [-0.15, -0.1) is 0 Å². The number of rotatable bonds is 7. The number of para-hydroxylation sites is 2. The van der Waals surface area contributed by atoms with E-state index in [2.05, 4.69) is 10.6 Å². The summed E-state index contributed by atoms with van der Waals surface area (Å²) >= 11 is 0. The van der Waals surface area contributed by atoms with Crippen LogP contribution >= 0.6 is 0 Å². The average molecular weight is 383 g/mol. The van der Waals surface area contributed by atoms with Gasteiger partial charge in [0.25, 0.3) is 5.69 Å². The van der Waals surface area contributed by atoms with Crippen LogP contribution in [-0.4, -0.2) is 30.2 Å². The van der Waals surface area contributed by atoms with Gasteiger partial charge in [-0.2, -0.15) is 13.2 Å². The first-order valence-electron chi connectivity index (χ1n) is 7.73. The van der Waals surface area contributed by atoms with Gasteiger partial charge in [-0.3, -0.25) is 14.9 Å². The molecule has 1 amide bonds. The summed E-state index contributed by atoms with van der Waals surface area (Å²) in [6.07, 6.45) is -4.47. The topological polar surface area (TPSA) is 93.5 Å². The van der Waals surface area contributed by atoms with Crippen molar-refractivity contribution in [1.29, 1.82) is 0 Å². The van der Waals surface area contributed by atoms with Crippen molar-refractivity contribution < 1.29 is 27.6 Å². The molecule has 0 unspecified atom stereocenters. The Labute approximate surface area is 152 Å². The second-order valence-electron chi connectivity index (χ2n) is 5.56. The predicted molar refractivity (Wildman–Crippen MR) is 92.9 cm³/mol. The zero-order valence-electron chi connectivity index (χ0n) is 14.2. The van der Waals surface area contributed by atoms with Crippen molar-refractivity contribution in [1.82, 2.24) is 0 Å². The summed E-state index contributed by atoms with van der Waals surface area (Å²) in [5.41, 5.74) is 1.04. The number of anilines is 2. The molecule has 0 radical (unpaired) electrons. The maximum atomic E-state index is 12.3. The van der Waals surface area contributed by atoms with Crippen LogP contribution in [0.15, 0.2) is 42.5 Å². The molecule has 0 saturated carbocycles. The van der Waals surface area contributed by atoms with Crippen LogP contribution in [0, 0.1) is 17.0 Å². The number of aryl methyl sites for hydroxylation is 1. The first kappa shape index (κ1) is 20.0. The maximum Gasteiger partial charge on any atom is 0.422 e. The molecular weight excluding hydrogens is 367 g/mol. The van der Waals surface area contributed by atoms with Gasteiger partial charge in [0.1, 0.15) is 5.75 Å². The average Bonchev–Trinajstić information content (AvgIpc) is 2.59. The fraction of sp³-hybridized carbons (Fsp3) is 0.235. The standard InChI is InChI=1S/C17H16F3N3O4/c1-11-8-12(23(25)26)6-7-13(11)22-16(24)9-21-14-4-2-3-5-15(14)27-10-17(18,19)20/h2-8,21H,9-10H2,1H3,(H,22,24). The monoisotopic (exact) mass is 383 g/mol. The summed E-state index contributed by atoms with van der Waals surface area (Å²) in [4.78, 5) is 22.2. The molecule has 0 atom stereocenters. The minimum atomic E-state index is -4.47. The molecule has 0 heterocycles. The van der Waals surface area contributed by atoms with Crippen molar-refractivity contribution in [2.24, 2.45) is 0 Å². The van der Waals surface area contributed by atoms with Gasteiger partial charge in [0.05, 0.1) is 17.2 Å². The summed E-state index contributed by atoms with van der Waals surface area (Å²) < 4.78 is 41.6. The van der Waals surface area contributed by atoms with Crippen LogP contribution in [0.25, 0.3) is 0 Å². The Kier molecular flexibility index (Phi) is 6.22. The Morgan fingerprint density at radius 2 is 1.89 bits per heavy atom. The Morgan fingerprint density at radius 1 is 1.19 bits per heavy atom. The fourth-order valence-corrected chi connectivity index (χ4v) is 2.17. The smallest absolute Gasteiger partial charge is 0.422 e. The fourth-order valence-electron chi connectivity index (χ4n) is 2.17. The largest absolute Gasteiger partial charge is 0.482 e. The zero-order chi connectivity index (χ0) is 20.0. The van der Waals surface area contributed by atoms with E-state index in [0.717, 1.165) is 0 Å². The lowest BCUT2D eigenvalue weighted by Gasteiger charge is -2.14. The molecule has 10 heteroatoms. The number of alkyl halides is 3. The van der Waals surface area contributed by atoms with E-state index < -0.39 is 23.6 Å². The number of ether oxygens (including phenoxy) is 1. The highest BCUT2D eigenvalue weighted by Crippen LogP contribution is 2.26. The maximum absolute atomic E-state index is 12.3. The molecule has 2 aromatic rings. The summed E-state index contributed by atoms with van der Waals surface area (Å²) in [5, 5.41) is 16.0. The summed E-state index contributed by atoms with van der Waals surface area (Å²) in [6.45, 7) is -0.0704. The van der Waals surface area contributed by atoms with Gasteiger partial charge in [0.2, 0.25) is 5.91 Å². The second kappa shape index (κ2) is 8.39. The van der Waals surface area contributed by atoms with Gasteiger partial charge >= 0.3 is 6.18 Å². The number of carbonyl (C=O) groups is 1. The lowest BCUT2D eigenvalue weighted by Crippen LogP contribution is -2.23. The number of non-ortho nitro benzene ring substituents is 1. The van der Waals surface area contributed by atoms with Crippen molar-refractivity contribution in [2.75, 3.05) is 23.8 Å². The summed E-state index contributed by atoms with van der Waals surface area (Å²) in [7, 11) is 0. The third-order valence-electron chi connectivity index (χ3n) is 3.41. The van der Waals surface area contributed by atoms with Gasteiger partial charge in [0.15, 0.2) is 6.61 Å². The molecule has 144 valence electrons. The van der Waals surface area contributed by atoms with Crippen molar-refractivity contribution in [2.45, 2.75) is 13.1 Å². The van der Waals surface area contributed by atoms with Crippen LogP contribution in [0.4, 0.5) is 30.2 Å². The highest BCUT2D eigenvalue weighted by atomic mass is 19.4. The van der Waals surface area contributed by atoms with Crippen LogP contribution in [-0.2, 0) is 4.79 Å². The number of halogens is 3. The number of nitro benzene ring substituents is 1. The molecule has 0 aliphatic heterocycles.